The van der Waals surface area contributed by atoms with Crippen molar-refractivity contribution in [2.75, 3.05) is 18.6 Å². The monoisotopic (exact) mass is 379 g/mol. The number of pyridine rings is 1. The Morgan fingerprint density at radius 1 is 1.29 bits per heavy atom. The molecule has 1 N–H and O–H groups in total. The highest BCUT2D eigenvalue weighted by molar-refractivity contribution is 6.01. The number of anilines is 1. The van der Waals surface area contributed by atoms with E-state index in [1.54, 1.807) is 50.5 Å². The first kappa shape index (κ1) is 17.7. The Hall–Kier alpha value is -3.75. The summed E-state index contributed by atoms with van der Waals surface area (Å²) in [4.78, 5) is 34.3. The number of fused-ring (bicyclic) bond motifs is 1. The zero-order valence-electron chi connectivity index (χ0n) is 15.2. The number of carbonyl (C=O) groups is 2. The van der Waals surface area contributed by atoms with Gasteiger partial charge in [0.25, 0.3) is 11.8 Å². The molecule has 0 saturated carbocycles. The summed E-state index contributed by atoms with van der Waals surface area (Å²) in [6, 6.07) is 9.80. The van der Waals surface area contributed by atoms with E-state index in [0.29, 0.717) is 28.5 Å². The number of amides is 2. The van der Waals surface area contributed by atoms with Gasteiger partial charge in [0, 0.05) is 18.8 Å². The van der Waals surface area contributed by atoms with Gasteiger partial charge in [0.05, 0.1) is 5.69 Å². The van der Waals surface area contributed by atoms with Crippen molar-refractivity contribution in [1.29, 1.82) is 0 Å². The Labute approximate surface area is 160 Å². The molecule has 1 aromatic carbocycles. The maximum atomic E-state index is 12.6. The molecule has 0 aliphatic carbocycles. The molecule has 28 heavy (non-hydrogen) atoms. The van der Waals surface area contributed by atoms with Gasteiger partial charge in [-0.2, -0.15) is 4.98 Å². The Kier molecular flexibility index (Phi) is 4.48. The predicted molar refractivity (Wildman–Crippen MR) is 98.8 cm³/mol. The van der Waals surface area contributed by atoms with Crippen LogP contribution < -0.4 is 15.0 Å². The van der Waals surface area contributed by atoms with Crippen LogP contribution in [-0.2, 0) is 4.79 Å². The fourth-order valence-corrected chi connectivity index (χ4v) is 2.77. The van der Waals surface area contributed by atoms with Gasteiger partial charge in [-0.3, -0.25) is 14.6 Å². The lowest BCUT2D eigenvalue weighted by molar-refractivity contribution is -0.120. The summed E-state index contributed by atoms with van der Waals surface area (Å²) in [7, 11) is 1.64. The maximum absolute atomic E-state index is 12.6. The van der Waals surface area contributed by atoms with Crippen LogP contribution in [0.1, 0.15) is 29.2 Å². The third kappa shape index (κ3) is 3.29. The predicted octanol–water partition coefficient (Wildman–Crippen LogP) is 1.98. The molecule has 1 atom stereocenters. The standard InChI is InChI=1S/C19H17N5O4/c1-11(19-22-17(23-28-19)13-5-3-4-8-20-13)21-18(26)12-6-7-15-14(9-12)24(2)16(25)10-27-15/h3-9,11H,10H2,1-2H3,(H,21,26)/t11-/m0/s1. The molecule has 3 heterocycles. The summed E-state index contributed by atoms with van der Waals surface area (Å²) in [6.45, 7) is 1.73. The molecule has 1 aliphatic rings. The van der Waals surface area contributed by atoms with Gasteiger partial charge in [0.1, 0.15) is 17.5 Å². The van der Waals surface area contributed by atoms with E-state index in [2.05, 4.69) is 20.4 Å². The SMILES string of the molecule is C[C@H](NC(=O)c1ccc2c(c1)N(C)C(=O)CO2)c1nc(-c2ccccn2)no1. The Bertz CT molecular complexity index is 1030. The lowest BCUT2D eigenvalue weighted by Gasteiger charge is -2.26. The number of nitrogens with one attached hydrogen (secondary N) is 1. The second-order valence-corrected chi connectivity index (χ2v) is 6.29. The summed E-state index contributed by atoms with van der Waals surface area (Å²) in [6.07, 6.45) is 1.64. The van der Waals surface area contributed by atoms with Gasteiger partial charge < -0.3 is 19.5 Å². The third-order valence-corrected chi connectivity index (χ3v) is 4.36. The zero-order chi connectivity index (χ0) is 19.7. The van der Waals surface area contributed by atoms with E-state index < -0.39 is 6.04 Å². The maximum Gasteiger partial charge on any atom is 0.264 e. The molecule has 3 aromatic rings. The topological polar surface area (TPSA) is 110 Å². The van der Waals surface area contributed by atoms with Crippen LogP contribution in [0.2, 0.25) is 0 Å². The van der Waals surface area contributed by atoms with Gasteiger partial charge in [0.15, 0.2) is 6.61 Å². The molecule has 0 radical (unpaired) electrons. The summed E-state index contributed by atoms with van der Waals surface area (Å²) in [5.41, 5.74) is 1.52. The molecule has 2 aromatic heterocycles. The molecular formula is C19H17N5O4. The van der Waals surface area contributed by atoms with E-state index in [1.165, 1.54) is 4.90 Å². The van der Waals surface area contributed by atoms with Gasteiger partial charge in [-0.25, -0.2) is 0 Å². The fraction of sp³-hybridized carbons (Fsp3) is 0.211. The summed E-state index contributed by atoms with van der Waals surface area (Å²) >= 11 is 0. The molecule has 0 saturated heterocycles. The smallest absolute Gasteiger partial charge is 0.264 e. The lowest BCUT2D eigenvalue weighted by atomic mass is 10.1. The number of nitrogens with zero attached hydrogens (tertiary/aromatic N) is 4. The van der Waals surface area contributed by atoms with Crippen molar-refractivity contribution < 1.29 is 18.8 Å². The van der Waals surface area contributed by atoms with Crippen LogP contribution in [0.3, 0.4) is 0 Å². The number of hydrogen-bond acceptors (Lipinski definition) is 7. The number of hydrogen-bond donors (Lipinski definition) is 1. The van der Waals surface area contributed by atoms with Gasteiger partial charge in [0.2, 0.25) is 11.7 Å². The number of aromatic nitrogens is 3. The molecule has 0 spiro atoms. The lowest BCUT2D eigenvalue weighted by Crippen LogP contribution is -2.35. The zero-order valence-corrected chi connectivity index (χ0v) is 15.2. The van der Waals surface area contributed by atoms with Gasteiger partial charge >= 0.3 is 0 Å². The first-order chi connectivity index (χ1) is 13.5. The van der Waals surface area contributed by atoms with Crippen molar-refractivity contribution in [1.82, 2.24) is 20.4 Å². The average Bonchev–Trinajstić information content (AvgIpc) is 3.22. The van der Waals surface area contributed by atoms with Crippen molar-refractivity contribution in [3.05, 3.63) is 54.0 Å². The molecule has 142 valence electrons. The molecule has 0 bridgehead atoms. The highest BCUT2D eigenvalue weighted by atomic mass is 16.5. The van der Waals surface area contributed by atoms with Crippen LogP contribution in [0.15, 0.2) is 47.1 Å². The van der Waals surface area contributed by atoms with Gasteiger partial charge in [-0.1, -0.05) is 11.2 Å². The van der Waals surface area contributed by atoms with Crippen LogP contribution in [0, 0.1) is 0 Å². The van der Waals surface area contributed by atoms with Crippen LogP contribution in [0.4, 0.5) is 5.69 Å². The highest BCUT2D eigenvalue weighted by Gasteiger charge is 2.24. The van der Waals surface area contributed by atoms with Gasteiger partial charge in [-0.15, -0.1) is 0 Å². The second-order valence-electron chi connectivity index (χ2n) is 6.29. The van der Waals surface area contributed by atoms with Crippen molar-refractivity contribution in [3.63, 3.8) is 0 Å². The van der Waals surface area contributed by atoms with E-state index in [4.69, 9.17) is 9.26 Å². The van der Waals surface area contributed by atoms with E-state index in [-0.39, 0.29) is 24.3 Å². The number of rotatable bonds is 4. The fourth-order valence-electron chi connectivity index (χ4n) is 2.77. The van der Waals surface area contributed by atoms with E-state index >= 15 is 0 Å². The van der Waals surface area contributed by atoms with Crippen LogP contribution in [0.25, 0.3) is 11.5 Å². The minimum Gasteiger partial charge on any atom is -0.482 e. The van der Waals surface area contributed by atoms with Crippen LogP contribution in [-0.4, -0.2) is 40.6 Å². The summed E-state index contributed by atoms with van der Waals surface area (Å²) in [5, 5.41) is 6.71. The number of benzene rings is 1. The second kappa shape index (κ2) is 7.10. The van der Waals surface area contributed by atoms with E-state index in [0.717, 1.165) is 0 Å². The minimum absolute atomic E-state index is 0.0121. The molecular weight excluding hydrogens is 362 g/mol. The number of ether oxygens (including phenoxy) is 1. The van der Waals surface area contributed by atoms with Crippen LogP contribution in [0.5, 0.6) is 5.75 Å². The molecule has 2 amide bonds. The van der Waals surface area contributed by atoms with Crippen molar-refractivity contribution >= 4 is 17.5 Å². The average molecular weight is 379 g/mol. The minimum atomic E-state index is -0.510. The van der Waals surface area contributed by atoms with Crippen LogP contribution >= 0.6 is 0 Å². The first-order valence-electron chi connectivity index (χ1n) is 8.62. The normalized spacial score (nSPS) is 14.2. The molecule has 1 aliphatic heterocycles. The highest BCUT2D eigenvalue weighted by Crippen LogP contribution is 2.32. The Morgan fingerprint density at radius 3 is 2.93 bits per heavy atom. The van der Waals surface area contributed by atoms with E-state index in [1.807, 2.05) is 6.07 Å². The number of likely N-dealkylation sites (N-methyl/N-ethyl adjacent to an activating group) is 1. The quantitative estimate of drug-likeness (QED) is 0.738. The summed E-state index contributed by atoms with van der Waals surface area (Å²) in [5.74, 6) is 0.666. The molecule has 0 fully saturated rings. The van der Waals surface area contributed by atoms with Gasteiger partial charge in [-0.05, 0) is 37.3 Å². The molecule has 0 unspecified atom stereocenters. The molecule has 9 nitrogen and oxygen atoms in total. The first-order valence-corrected chi connectivity index (χ1v) is 8.62. The van der Waals surface area contributed by atoms with E-state index in [9.17, 15) is 9.59 Å². The van der Waals surface area contributed by atoms with Crippen molar-refractivity contribution in [2.24, 2.45) is 0 Å². The summed E-state index contributed by atoms with van der Waals surface area (Å²) < 4.78 is 10.6. The molecule has 4 rings (SSSR count). The Morgan fingerprint density at radius 2 is 2.14 bits per heavy atom. The third-order valence-electron chi connectivity index (χ3n) is 4.36. The van der Waals surface area contributed by atoms with Crippen molar-refractivity contribution in [3.8, 4) is 17.3 Å². The largest absolute Gasteiger partial charge is 0.482 e. The van der Waals surface area contributed by atoms with Crippen molar-refractivity contribution in [2.45, 2.75) is 13.0 Å². The number of carbonyl (C=O) groups excluding carboxylic acids is 2. The molecule has 9 heteroatoms. The Balaban J connectivity index is 1.50.